The molecule has 0 saturated heterocycles. The molecule has 5 nitrogen and oxygen atoms in total. The Bertz CT molecular complexity index is 2060. The number of carbonyl (C=O) groups excluding carboxylic acids is 1. The van der Waals surface area contributed by atoms with Crippen LogP contribution in [0.1, 0.15) is 40.4 Å². The molecule has 8 rings (SSSR count). The fraction of sp³-hybridized carbons (Fsp3) is 0.231. The molecule has 0 spiro atoms. The lowest BCUT2D eigenvalue weighted by atomic mass is 9.81. The third-order valence-corrected chi connectivity index (χ3v) is 9.87. The van der Waals surface area contributed by atoms with Gasteiger partial charge < -0.3 is 9.64 Å². The summed E-state index contributed by atoms with van der Waals surface area (Å²) >= 11 is 0. The summed E-state index contributed by atoms with van der Waals surface area (Å²) in [5, 5.41) is 2.50. The number of hydrogen-bond donors (Lipinski definition) is 0. The summed E-state index contributed by atoms with van der Waals surface area (Å²) in [5.74, 6) is 2.73. The molecule has 2 aliphatic rings. The van der Waals surface area contributed by atoms with E-state index in [0.717, 1.165) is 35.7 Å². The highest BCUT2D eigenvalue weighted by Crippen LogP contribution is 2.51. The van der Waals surface area contributed by atoms with Crippen LogP contribution in [0.5, 0.6) is 5.75 Å². The molecule has 2 heterocycles. The van der Waals surface area contributed by atoms with E-state index in [4.69, 9.17) is 4.74 Å². The van der Waals surface area contributed by atoms with Crippen molar-refractivity contribution < 1.29 is 14.1 Å². The quantitative estimate of drug-likeness (QED) is 0.196. The lowest BCUT2D eigenvalue weighted by molar-refractivity contribution is -0.669. The van der Waals surface area contributed by atoms with E-state index >= 15 is 0 Å². The van der Waals surface area contributed by atoms with Gasteiger partial charge in [-0.1, -0.05) is 84.9 Å². The van der Waals surface area contributed by atoms with Crippen LogP contribution < -0.4 is 14.2 Å². The molecular weight excluding hydrogens is 542 g/mol. The lowest BCUT2D eigenvalue weighted by Crippen LogP contribution is -2.42. The molecule has 1 aliphatic heterocycles. The number of nitrogens with zero attached hydrogens (tertiary/aromatic N) is 3. The Balaban J connectivity index is 1.10. The van der Waals surface area contributed by atoms with Crippen molar-refractivity contribution in [1.29, 1.82) is 0 Å². The van der Waals surface area contributed by atoms with Crippen LogP contribution in [0, 0.1) is 12.8 Å². The Morgan fingerprint density at radius 2 is 1.64 bits per heavy atom. The molecule has 6 aromatic rings. The molecule has 44 heavy (non-hydrogen) atoms. The summed E-state index contributed by atoms with van der Waals surface area (Å²) in [5.41, 5.74) is 8.54. The van der Waals surface area contributed by atoms with Gasteiger partial charge in [0.15, 0.2) is 11.0 Å². The third-order valence-electron chi connectivity index (χ3n) is 9.87. The Labute approximate surface area is 257 Å². The maximum atomic E-state index is 14.2. The number of fused-ring (bicyclic) bond motifs is 7. The minimum absolute atomic E-state index is 0.142. The van der Waals surface area contributed by atoms with E-state index in [-0.39, 0.29) is 5.91 Å². The number of benzene rings is 5. The number of para-hydroxylation sites is 3. The standard InChI is InChI=1S/C39H36N3O2/c1-26-40(34-15-7-8-16-35(34)41(26)24-27-18-19-28-10-3-4-11-29(28)22-27)21-20-37(43)42-25-31-23-30-12-5-6-13-32(30)38(31)33-14-9-17-36(44-2)39(33)42/h3-19,22,31,38H,20-21,23-25H2,1-2H3/q+1/t31-,38+/m0/s1. The third kappa shape index (κ3) is 4.29. The molecule has 0 fully saturated rings. The van der Waals surface area contributed by atoms with Crippen LogP contribution in [-0.4, -0.2) is 24.1 Å². The zero-order valence-electron chi connectivity index (χ0n) is 25.2. The Morgan fingerprint density at radius 3 is 2.52 bits per heavy atom. The second-order valence-electron chi connectivity index (χ2n) is 12.2. The summed E-state index contributed by atoms with van der Waals surface area (Å²) in [6.07, 6.45) is 1.41. The highest BCUT2D eigenvalue weighted by molar-refractivity contribution is 5.97. The largest absolute Gasteiger partial charge is 0.495 e. The van der Waals surface area contributed by atoms with Crippen molar-refractivity contribution in [3.8, 4) is 5.75 Å². The van der Waals surface area contributed by atoms with Gasteiger partial charge in [0.2, 0.25) is 5.91 Å². The maximum Gasteiger partial charge on any atom is 0.254 e. The highest BCUT2D eigenvalue weighted by atomic mass is 16.5. The maximum absolute atomic E-state index is 14.2. The number of anilines is 1. The van der Waals surface area contributed by atoms with Gasteiger partial charge in [-0.25, -0.2) is 9.13 Å². The van der Waals surface area contributed by atoms with E-state index < -0.39 is 0 Å². The van der Waals surface area contributed by atoms with Gasteiger partial charge in [-0.05, 0) is 69.6 Å². The van der Waals surface area contributed by atoms with Crippen molar-refractivity contribution in [3.05, 3.63) is 137 Å². The molecule has 2 atom stereocenters. The van der Waals surface area contributed by atoms with E-state index in [0.29, 0.717) is 31.3 Å². The van der Waals surface area contributed by atoms with Crippen molar-refractivity contribution in [3.63, 3.8) is 0 Å². The number of carbonyl (C=O) groups is 1. The normalized spacial score (nSPS) is 17.0. The van der Waals surface area contributed by atoms with E-state index in [1.165, 1.54) is 38.5 Å². The SMILES string of the molecule is COc1cccc2c1N(C(=O)CCn1c(C)[n+](Cc3ccc4ccccc4c3)c3ccccc31)C[C@@H]1Cc3ccccc3[C@H]21. The van der Waals surface area contributed by atoms with Crippen LogP contribution in [0.2, 0.25) is 0 Å². The van der Waals surface area contributed by atoms with Gasteiger partial charge in [-0.15, -0.1) is 0 Å². The van der Waals surface area contributed by atoms with Crippen molar-refractivity contribution in [2.24, 2.45) is 5.92 Å². The van der Waals surface area contributed by atoms with Crippen LogP contribution in [-0.2, 0) is 24.3 Å². The number of amides is 1. The topological polar surface area (TPSA) is 38.4 Å². The molecule has 0 radical (unpaired) electrons. The molecule has 1 aliphatic carbocycles. The fourth-order valence-corrected chi connectivity index (χ4v) is 7.82. The first-order chi connectivity index (χ1) is 21.6. The number of imidazole rings is 1. The molecule has 0 saturated carbocycles. The number of hydrogen-bond acceptors (Lipinski definition) is 2. The Kier molecular flexibility index (Phi) is 6.48. The number of rotatable bonds is 6. The second kappa shape index (κ2) is 10.7. The molecular formula is C39H36N3O2+. The predicted molar refractivity (Wildman–Crippen MR) is 175 cm³/mol. The monoisotopic (exact) mass is 578 g/mol. The molecule has 0 N–H and O–H groups in total. The number of aryl methyl sites for hydroxylation is 1. The lowest BCUT2D eigenvalue weighted by Gasteiger charge is -2.38. The molecule has 0 unspecified atom stereocenters. The van der Waals surface area contributed by atoms with Gasteiger partial charge >= 0.3 is 0 Å². The van der Waals surface area contributed by atoms with Crippen LogP contribution in [0.15, 0.2) is 109 Å². The highest BCUT2D eigenvalue weighted by Gasteiger charge is 2.42. The summed E-state index contributed by atoms with van der Waals surface area (Å²) in [7, 11) is 1.70. The summed E-state index contributed by atoms with van der Waals surface area (Å²) in [6.45, 7) is 4.27. The Hall–Kier alpha value is -4.90. The first-order valence-electron chi connectivity index (χ1n) is 15.6. The smallest absolute Gasteiger partial charge is 0.254 e. The van der Waals surface area contributed by atoms with Gasteiger partial charge in [0.1, 0.15) is 12.3 Å². The molecule has 0 bridgehead atoms. The molecule has 218 valence electrons. The van der Waals surface area contributed by atoms with Crippen LogP contribution >= 0.6 is 0 Å². The first-order valence-corrected chi connectivity index (χ1v) is 15.6. The molecule has 1 aromatic heterocycles. The summed E-state index contributed by atoms with van der Waals surface area (Å²) in [6, 6.07) is 38.8. The van der Waals surface area contributed by atoms with E-state index in [2.05, 4.69) is 119 Å². The zero-order chi connectivity index (χ0) is 29.8. The summed E-state index contributed by atoms with van der Waals surface area (Å²) in [4.78, 5) is 16.2. The van der Waals surface area contributed by atoms with Gasteiger partial charge in [0, 0.05) is 19.4 Å². The van der Waals surface area contributed by atoms with Crippen LogP contribution in [0.25, 0.3) is 21.8 Å². The number of aromatic nitrogens is 2. The Morgan fingerprint density at radius 1 is 0.864 bits per heavy atom. The zero-order valence-corrected chi connectivity index (χ0v) is 25.2. The van der Waals surface area contributed by atoms with E-state index in [9.17, 15) is 4.79 Å². The second-order valence-corrected chi connectivity index (χ2v) is 12.2. The number of ether oxygens (including phenoxy) is 1. The van der Waals surface area contributed by atoms with Gasteiger partial charge in [-0.2, -0.15) is 0 Å². The van der Waals surface area contributed by atoms with Crippen molar-refractivity contribution in [1.82, 2.24) is 4.57 Å². The average molecular weight is 579 g/mol. The van der Waals surface area contributed by atoms with Crippen molar-refractivity contribution in [2.45, 2.75) is 38.8 Å². The predicted octanol–water partition coefficient (Wildman–Crippen LogP) is 7.19. The van der Waals surface area contributed by atoms with Crippen molar-refractivity contribution >= 4 is 33.4 Å². The average Bonchev–Trinajstić information content (AvgIpc) is 3.57. The van der Waals surface area contributed by atoms with Gasteiger partial charge in [0.05, 0.1) is 25.8 Å². The molecule has 5 heteroatoms. The van der Waals surface area contributed by atoms with Gasteiger partial charge in [0.25, 0.3) is 5.82 Å². The van der Waals surface area contributed by atoms with Crippen molar-refractivity contribution in [2.75, 3.05) is 18.6 Å². The fourth-order valence-electron chi connectivity index (χ4n) is 7.82. The van der Waals surface area contributed by atoms with Crippen LogP contribution in [0.3, 0.4) is 0 Å². The minimum Gasteiger partial charge on any atom is -0.495 e. The van der Waals surface area contributed by atoms with E-state index in [1.807, 2.05) is 11.0 Å². The molecule has 5 aromatic carbocycles. The van der Waals surface area contributed by atoms with Crippen LogP contribution in [0.4, 0.5) is 5.69 Å². The number of methoxy groups -OCH3 is 1. The minimum atomic E-state index is 0.142. The first kappa shape index (κ1) is 26.7. The van der Waals surface area contributed by atoms with Gasteiger partial charge in [-0.3, -0.25) is 4.79 Å². The van der Waals surface area contributed by atoms with E-state index in [1.54, 1.807) is 7.11 Å². The molecule has 1 amide bonds. The summed E-state index contributed by atoms with van der Waals surface area (Å²) < 4.78 is 10.5.